The number of benzene rings is 1. The molecule has 4 rings (SSSR count). The Hall–Kier alpha value is -2.70. The number of amides is 2. The van der Waals surface area contributed by atoms with Crippen LogP contribution < -0.4 is 10.0 Å². The highest BCUT2D eigenvalue weighted by Gasteiger charge is 2.32. The largest absolute Gasteiger partial charge is 0.459 e. The highest BCUT2D eigenvalue weighted by Crippen LogP contribution is 2.22. The first kappa shape index (κ1) is 23.5. The Labute approximate surface area is 192 Å². The fourth-order valence-corrected chi connectivity index (χ4v) is 7.09. The van der Waals surface area contributed by atoms with Crippen LogP contribution in [0, 0.1) is 5.92 Å². The summed E-state index contributed by atoms with van der Waals surface area (Å²) in [5, 5.41) is 2.79. The van der Waals surface area contributed by atoms with Crippen molar-refractivity contribution in [2.45, 2.75) is 30.2 Å². The standard InChI is InChI=1S/C21H25N3O7S2/c25-20(15-7-10-24(11-8-15)21(26)19-2-1-12-31-19)22-16-3-5-18(6-4-16)33(29,30)23-17-9-13-32(27,28)14-17/h1-6,12,15,17,23H,7-11,13-14H2,(H,22,25). The number of likely N-dealkylation sites (tertiary alicyclic amines) is 1. The lowest BCUT2D eigenvalue weighted by Crippen LogP contribution is -2.41. The van der Waals surface area contributed by atoms with Crippen LogP contribution in [0.4, 0.5) is 5.69 Å². The van der Waals surface area contributed by atoms with E-state index in [1.165, 1.54) is 30.5 Å². The summed E-state index contributed by atoms with van der Waals surface area (Å²) in [6, 6.07) is 8.35. The lowest BCUT2D eigenvalue weighted by molar-refractivity contribution is -0.121. The van der Waals surface area contributed by atoms with E-state index >= 15 is 0 Å². The molecule has 0 bridgehead atoms. The summed E-state index contributed by atoms with van der Waals surface area (Å²) < 4.78 is 55.7. The summed E-state index contributed by atoms with van der Waals surface area (Å²) >= 11 is 0. The third-order valence-electron chi connectivity index (χ3n) is 5.87. The number of piperidine rings is 1. The summed E-state index contributed by atoms with van der Waals surface area (Å²) in [6.07, 6.45) is 2.72. The second-order valence-corrected chi connectivity index (χ2v) is 12.2. The van der Waals surface area contributed by atoms with E-state index in [9.17, 15) is 26.4 Å². The van der Waals surface area contributed by atoms with Gasteiger partial charge < -0.3 is 14.6 Å². The number of hydrogen-bond acceptors (Lipinski definition) is 7. The Balaban J connectivity index is 1.30. The number of sulfone groups is 1. The van der Waals surface area contributed by atoms with Gasteiger partial charge in [0.2, 0.25) is 15.9 Å². The molecular formula is C21H25N3O7S2. The number of rotatable bonds is 6. The molecule has 1 aromatic heterocycles. The topological polar surface area (TPSA) is 143 Å². The number of anilines is 1. The lowest BCUT2D eigenvalue weighted by atomic mass is 9.95. The Morgan fingerprint density at radius 1 is 1.03 bits per heavy atom. The minimum absolute atomic E-state index is 0.00505. The van der Waals surface area contributed by atoms with Crippen molar-refractivity contribution in [3.63, 3.8) is 0 Å². The first-order valence-electron chi connectivity index (χ1n) is 10.6. The van der Waals surface area contributed by atoms with Gasteiger partial charge in [-0.05, 0) is 55.7 Å². The Morgan fingerprint density at radius 3 is 2.30 bits per heavy atom. The van der Waals surface area contributed by atoms with E-state index in [1.807, 2.05) is 0 Å². The quantitative estimate of drug-likeness (QED) is 0.614. The third-order valence-corrected chi connectivity index (χ3v) is 9.18. The molecule has 0 radical (unpaired) electrons. The summed E-state index contributed by atoms with van der Waals surface area (Å²) in [6.45, 7) is 0.884. The fourth-order valence-electron chi connectivity index (χ4n) is 4.04. The van der Waals surface area contributed by atoms with Crippen molar-refractivity contribution in [3.8, 4) is 0 Å². The molecule has 2 aliphatic rings. The van der Waals surface area contributed by atoms with Gasteiger partial charge in [0.15, 0.2) is 15.6 Å². The van der Waals surface area contributed by atoms with Gasteiger partial charge in [-0.2, -0.15) is 0 Å². The predicted octanol–water partition coefficient (Wildman–Crippen LogP) is 1.24. The SMILES string of the molecule is O=C(Nc1ccc(S(=O)(=O)NC2CCS(=O)(=O)C2)cc1)C1CCN(C(=O)c2ccco2)CC1. The number of carbonyl (C=O) groups is 2. The fraction of sp³-hybridized carbons (Fsp3) is 0.429. The van der Waals surface area contributed by atoms with E-state index in [2.05, 4.69) is 10.0 Å². The summed E-state index contributed by atoms with van der Waals surface area (Å²) in [4.78, 5) is 26.6. The molecule has 3 heterocycles. The van der Waals surface area contributed by atoms with E-state index in [0.717, 1.165) is 0 Å². The van der Waals surface area contributed by atoms with Crippen molar-refractivity contribution in [2.24, 2.45) is 5.92 Å². The predicted molar refractivity (Wildman–Crippen MR) is 120 cm³/mol. The second kappa shape index (κ2) is 9.27. The zero-order valence-corrected chi connectivity index (χ0v) is 19.4. The third kappa shape index (κ3) is 5.63. The van der Waals surface area contributed by atoms with Crippen LogP contribution in [0.2, 0.25) is 0 Å². The van der Waals surface area contributed by atoms with Crippen molar-refractivity contribution < 1.29 is 30.8 Å². The highest BCUT2D eigenvalue weighted by molar-refractivity contribution is 7.92. The molecule has 0 aliphatic carbocycles. The van der Waals surface area contributed by atoms with Crippen molar-refractivity contribution in [2.75, 3.05) is 29.9 Å². The molecule has 0 saturated carbocycles. The van der Waals surface area contributed by atoms with Crippen LogP contribution in [0.15, 0.2) is 52.0 Å². The molecule has 10 nitrogen and oxygen atoms in total. The molecule has 2 saturated heterocycles. The van der Waals surface area contributed by atoms with Crippen LogP contribution in [-0.4, -0.2) is 64.2 Å². The van der Waals surface area contributed by atoms with Crippen LogP contribution in [0.25, 0.3) is 0 Å². The summed E-state index contributed by atoms with van der Waals surface area (Å²) in [5.74, 6) is -0.602. The Bertz CT molecular complexity index is 1220. The van der Waals surface area contributed by atoms with Gasteiger partial charge >= 0.3 is 0 Å². The molecule has 1 atom stereocenters. The number of nitrogens with zero attached hydrogens (tertiary/aromatic N) is 1. The maximum Gasteiger partial charge on any atom is 0.289 e. The van der Waals surface area contributed by atoms with Crippen molar-refractivity contribution in [3.05, 3.63) is 48.4 Å². The zero-order valence-electron chi connectivity index (χ0n) is 17.8. The van der Waals surface area contributed by atoms with Crippen molar-refractivity contribution in [1.82, 2.24) is 9.62 Å². The number of nitrogens with one attached hydrogen (secondary N) is 2. The van der Waals surface area contributed by atoms with E-state index in [0.29, 0.717) is 31.6 Å². The van der Waals surface area contributed by atoms with Crippen LogP contribution in [0.3, 0.4) is 0 Å². The first-order valence-corrected chi connectivity index (χ1v) is 13.9. The molecule has 2 fully saturated rings. The lowest BCUT2D eigenvalue weighted by Gasteiger charge is -2.30. The zero-order chi connectivity index (χ0) is 23.6. The molecule has 178 valence electrons. The van der Waals surface area contributed by atoms with E-state index < -0.39 is 25.9 Å². The van der Waals surface area contributed by atoms with Crippen LogP contribution in [0.5, 0.6) is 0 Å². The van der Waals surface area contributed by atoms with Crippen LogP contribution >= 0.6 is 0 Å². The average molecular weight is 496 g/mol. The van der Waals surface area contributed by atoms with Gasteiger partial charge in [0, 0.05) is 30.7 Å². The minimum atomic E-state index is -3.86. The van der Waals surface area contributed by atoms with Gasteiger partial charge in [-0.3, -0.25) is 9.59 Å². The maximum atomic E-state index is 12.6. The molecule has 2 N–H and O–H groups in total. The van der Waals surface area contributed by atoms with Crippen LogP contribution in [0.1, 0.15) is 29.8 Å². The van der Waals surface area contributed by atoms with Gasteiger partial charge in [-0.15, -0.1) is 0 Å². The summed E-state index contributed by atoms with van der Waals surface area (Å²) in [7, 11) is -7.07. The van der Waals surface area contributed by atoms with Crippen molar-refractivity contribution >= 4 is 37.4 Å². The minimum Gasteiger partial charge on any atom is -0.459 e. The Kier molecular flexibility index (Phi) is 6.59. The van der Waals surface area contributed by atoms with Gasteiger partial charge in [0.1, 0.15) is 0 Å². The number of furan rings is 1. The number of hydrogen-bond donors (Lipinski definition) is 2. The second-order valence-electron chi connectivity index (χ2n) is 8.28. The highest BCUT2D eigenvalue weighted by atomic mass is 32.2. The van der Waals surface area contributed by atoms with E-state index in [1.54, 1.807) is 17.0 Å². The van der Waals surface area contributed by atoms with E-state index in [4.69, 9.17) is 4.42 Å². The van der Waals surface area contributed by atoms with Gasteiger partial charge in [-0.25, -0.2) is 21.6 Å². The molecule has 0 spiro atoms. The maximum absolute atomic E-state index is 12.6. The van der Waals surface area contributed by atoms with Crippen molar-refractivity contribution in [1.29, 1.82) is 0 Å². The first-order chi connectivity index (χ1) is 15.6. The van der Waals surface area contributed by atoms with E-state index in [-0.39, 0.29) is 46.3 Å². The Morgan fingerprint density at radius 2 is 1.73 bits per heavy atom. The molecule has 1 aromatic carbocycles. The molecule has 1 unspecified atom stereocenters. The number of sulfonamides is 1. The smallest absolute Gasteiger partial charge is 0.289 e. The molecule has 33 heavy (non-hydrogen) atoms. The summed E-state index contributed by atoms with van der Waals surface area (Å²) in [5.41, 5.74) is 0.455. The van der Waals surface area contributed by atoms with Crippen LogP contribution in [-0.2, 0) is 24.7 Å². The molecular weight excluding hydrogens is 470 g/mol. The average Bonchev–Trinajstić information content (AvgIpc) is 3.43. The monoisotopic (exact) mass is 495 g/mol. The molecule has 2 aromatic rings. The number of carbonyl (C=O) groups excluding carboxylic acids is 2. The van der Waals surface area contributed by atoms with Gasteiger partial charge in [0.05, 0.1) is 22.7 Å². The molecule has 12 heteroatoms. The van der Waals surface area contributed by atoms with Gasteiger partial charge in [0.25, 0.3) is 5.91 Å². The normalized spacial score (nSPS) is 21.1. The molecule has 2 aliphatic heterocycles. The molecule has 2 amide bonds. The van der Waals surface area contributed by atoms with Gasteiger partial charge in [-0.1, -0.05) is 0 Å².